The Labute approximate surface area is 183 Å². The highest BCUT2D eigenvalue weighted by atomic mass is 35.5. The van der Waals surface area contributed by atoms with Gasteiger partial charge >= 0.3 is 5.97 Å². The van der Waals surface area contributed by atoms with Gasteiger partial charge in [-0.05, 0) is 64.8 Å². The minimum absolute atomic E-state index is 0. The summed E-state index contributed by atoms with van der Waals surface area (Å²) in [6, 6.07) is 9.06. The maximum atomic E-state index is 11.3. The van der Waals surface area contributed by atoms with E-state index >= 15 is 0 Å². The van der Waals surface area contributed by atoms with Crippen molar-refractivity contribution in [1.82, 2.24) is 0 Å². The van der Waals surface area contributed by atoms with Gasteiger partial charge in [-0.3, -0.25) is 4.99 Å². The molecule has 0 fully saturated rings. The quantitative estimate of drug-likeness (QED) is 0.734. The Balaban J connectivity index is 0.00000256. The van der Waals surface area contributed by atoms with Crippen molar-refractivity contribution < 1.29 is 19.4 Å². The Morgan fingerprint density at radius 3 is 2.43 bits per heavy atom. The van der Waals surface area contributed by atoms with Gasteiger partial charge in [-0.2, -0.15) is 0 Å². The number of carboxylic acids is 1. The number of rotatable bonds is 4. The summed E-state index contributed by atoms with van der Waals surface area (Å²) in [5, 5.41) is 9.23. The first-order chi connectivity index (χ1) is 13.6. The zero-order valence-corrected chi connectivity index (χ0v) is 18.9. The van der Waals surface area contributed by atoms with E-state index in [4.69, 9.17) is 14.5 Å². The maximum absolute atomic E-state index is 11.3. The second-order valence-corrected chi connectivity index (χ2v) is 9.02. The lowest BCUT2D eigenvalue weighted by atomic mass is 9.81. The van der Waals surface area contributed by atoms with Gasteiger partial charge in [0.15, 0.2) is 11.5 Å². The minimum atomic E-state index is -0.930. The van der Waals surface area contributed by atoms with Crippen molar-refractivity contribution in [3.05, 3.63) is 58.1 Å². The molecule has 2 aromatic carbocycles. The zero-order chi connectivity index (χ0) is 21.0. The summed E-state index contributed by atoms with van der Waals surface area (Å²) in [4.78, 5) is 16.3. The number of hydrogen-bond donors (Lipinski definition) is 1. The molecule has 0 atom stereocenters. The van der Waals surface area contributed by atoms with Crippen LogP contribution in [0, 0.1) is 0 Å². The predicted molar refractivity (Wildman–Crippen MR) is 120 cm³/mol. The van der Waals surface area contributed by atoms with Crippen LogP contribution in [-0.4, -0.2) is 34.5 Å². The van der Waals surface area contributed by atoms with Crippen molar-refractivity contribution in [3.63, 3.8) is 0 Å². The van der Waals surface area contributed by atoms with E-state index in [1.165, 1.54) is 5.56 Å². The van der Waals surface area contributed by atoms with Crippen LogP contribution in [0.5, 0.6) is 11.5 Å². The van der Waals surface area contributed by atoms with Crippen molar-refractivity contribution in [2.24, 2.45) is 4.99 Å². The van der Waals surface area contributed by atoms with Crippen LogP contribution in [0.15, 0.2) is 35.3 Å². The maximum Gasteiger partial charge on any atom is 0.335 e. The molecule has 30 heavy (non-hydrogen) atoms. The van der Waals surface area contributed by atoms with Crippen LogP contribution in [0.1, 0.15) is 67.2 Å². The zero-order valence-electron chi connectivity index (χ0n) is 18.0. The van der Waals surface area contributed by atoms with Gasteiger partial charge in [0.1, 0.15) is 5.60 Å². The minimum Gasteiger partial charge on any atom is -0.490 e. The third-order valence-electron chi connectivity index (χ3n) is 5.39. The SMILES string of the molecule is CCOc1cc2c(c3c1OC(C)(C)C3)C(c1ccc(C(=O)O)cc1)=NC(C)(C)C2.Cl. The predicted octanol–water partition coefficient (Wildman–Crippen LogP) is 5.09. The second-order valence-electron chi connectivity index (χ2n) is 9.02. The summed E-state index contributed by atoms with van der Waals surface area (Å²) >= 11 is 0. The fraction of sp³-hybridized carbons (Fsp3) is 0.417. The van der Waals surface area contributed by atoms with Gasteiger partial charge in [0.2, 0.25) is 0 Å². The monoisotopic (exact) mass is 429 g/mol. The third kappa shape index (κ3) is 3.91. The molecule has 0 bridgehead atoms. The molecule has 1 N–H and O–H groups in total. The van der Waals surface area contributed by atoms with E-state index in [9.17, 15) is 9.90 Å². The number of aromatic carboxylic acids is 1. The molecule has 0 unspecified atom stereocenters. The van der Waals surface area contributed by atoms with Crippen LogP contribution >= 0.6 is 12.4 Å². The summed E-state index contributed by atoms with van der Waals surface area (Å²) in [6.07, 6.45) is 1.59. The van der Waals surface area contributed by atoms with Crippen molar-refractivity contribution in [2.75, 3.05) is 6.61 Å². The smallest absolute Gasteiger partial charge is 0.335 e. The van der Waals surface area contributed by atoms with Crippen molar-refractivity contribution in [3.8, 4) is 11.5 Å². The summed E-state index contributed by atoms with van der Waals surface area (Å²) < 4.78 is 12.2. The fourth-order valence-corrected chi connectivity index (χ4v) is 4.31. The molecule has 2 aromatic rings. The van der Waals surface area contributed by atoms with Gasteiger partial charge in [0, 0.05) is 23.1 Å². The van der Waals surface area contributed by atoms with E-state index in [1.54, 1.807) is 12.1 Å². The highest BCUT2D eigenvalue weighted by Gasteiger charge is 2.39. The number of ether oxygens (including phenoxy) is 2. The molecule has 0 amide bonds. The molecule has 0 saturated heterocycles. The van der Waals surface area contributed by atoms with Crippen LogP contribution in [0.2, 0.25) is 0 Å². The molecule has 4 rings (SSSR count). The molecule has 6 heteroatoms. The topological polar surface area (TPSA) is 68.1 Å². The van der Waals surface area contributed by atoms with Crippen molar-refractivity contribution in [1.29, 1.82) is 0 Å². The average molecular weight is 430 g/mol. The van der Waals surface area contributed by atoms with E-state index in [0.29, 0.717) is 6.61 Å². The second kappa shape index (κ2) is 7.62. The number of aliphatic imine (C=N–C) groups is 1. The Morgan fingerprint density at radius 2 is 1.83 bits per heavy atom. The first-order valence-corrected chi connectivity index (χ1v) is 10.0. The summed E-state index contributed by atoms with van der Waals surface area (Å²) in [5.41, 5.74) is 4.95. The standard InChI is InChI=1S/C24H27NO4.ClH/c1-6-28-18-11-16-12-23(2,3)25-20(14-7-9-15(10-8-14)22(26)27)19(16)17-13-24(4,5)29-21(17)18;/h7-11H,6,12-13H2,1-5H3,(H,26,27);1H. The number of fused-ring (bicyclic) bond motifs is 3. The van der Waals surface area contributed by atoms with Crippen LogP contribution in [0.25, 0.3) is 0 Å². The number of hydrogen-bond acceptors (Lipinski definition) is 4. The van der Waals surface area contributed by atoms with Crippen LogP contribution in [-0.2, 0) is 12.8 Å². The van der Waals surface area contributed by atoms with Crippen LogP contribution in [0.4, 0.5) is 0 Å². The lowest BCUT2D eigenvalue weighted by Gasteiger charge is -2.31. The highest BCUT2D eigenvalue weighted by Crippen LogP contribution is 2.48. The normalized spacial score (nSPS) is 17.7. The molecule has 2 aliphatic rings. The Morgan fingerprint density at radius 1 is 1.17 bits per heavy atom. The molecule has 2 heterocycles. The third-order valence-corrected chi connectivity index (χ3v) is 5.39. The summed E-state index contributed by atoms with van der Waals surface area (Å²) in [7, 11) is 0. The first-order valence-electron chi connectivity index (χ1n) is 10.0. The number of carboxylic acid groups (broad SMARTS) is 1. The molecular weight excluding hydrogens is 402 g/mol. The number of nitrogens with zero attached hydrogens (tertiary/aromatic N) is 1. The summed E-state index contributed by atoms with van der Waals surface area (Å²) in [6.45, 7) is 11.0. The lowest BCUT2D eigenvalue weighted by Crippen LogP contribution is -2.30. The van der Waals surface area contributed by atoms with Gasteiger partial charge in [0.25, 0.3) is 0 Å². The molecule has 160 valence electrons. The molecule has 2 aliphatic heterocycles. The Hall–Kier alpha value is -2.53. The van der Waals surface area contributed by atoms with Gasteiger partial charge in [0.05, 0.1) is 23.4 Å². The van der Waals surface area contributed by atoms with E-state index in [2.05, 4.69) is 33.8 Å². The Bertz CT molecular complexity index is 1020. The number of carbonyl (C=O) groups is 1. The number of benzene rings is 2. The largest absolute Gasteiger partial charge is 0.490 e. The molecule has 0 saturated carbocycles. The number of halogens is 1. The molecule has 0 spiro atoms. The first kappa shape index (κ1) is 22.2. The van der Waals surface area contributed by atoms with E-state index in [1.807, 2.05) is 19.1 Å². The van der Waals surface area contributed by atoms with Gasteiger partial charge < -0.3 is 14.6 Å². The van der Waals surface area contributed by atoms with Crippen molar-refractivity contribution >= 4 is 24.1 Å². The van der Waals surface area contributed by atoms with Gasteiger partial charge in [-0.15, -0.1) is 12.4 Å². The molecule has 0 aliphatic carbocycles. The summed E-state index contributed by atoms with van der Waals surface area (Å²) in [5.74, 6) is 0.676. The molecular formula is C24H28ClNO4. The molecule has 0 radical (unpaired) electrons. The Kier molecular flexibility index (Phi) is 5.63. The van der Waals surface area contributed by atoms with Crippen LogP contribution in [0.3, 0.4) is 0 Å². The van der Waals surface area contributed by atoms with E-state index < -0.39 is 5.97 Å². The lowest BCUT2D eigenvalue weighted by molar-refractivity contribution is 0.0697. The van der Waals surface area contributed by atoms with Crippen molar-refractivity contribution in [2.45, 2.75) is 58.6 Å². The van der Waals surface area contributed by atoms with E-state index in [-0.39, 0.29) is 29.1 Å². The van der Waals surface area contributed by atoms with Gasteiger partial charge in [-0.25, -0.2) is 4.79 Å². The van der Waals surface area contributed by atoms with E-state index in [0.717, 1.165) is 46.7 Å². The molecule has 5 nitrogen and oxygen atoms in total. The fourth-order valence-electron chi connectivity index (χ4n) is 4.31. The molecule has 0 aromatic heterocycles. The van der Waals surface area contributed by atoms with Gasteiger partial charge in [-0.1, -0.05) is 12.1 Å². The average Bonchev–Trinajstić information content (AvgIpc) is 2.96. The van der Waals surface area contributed by atoms with Crippen LogP contribution < -0.4 is 9.47 Å². The highest BCUT2D eigenvalue weighted by molar-refractivity contribution is 6.16.